The van der Waals surface area contributed by atoms with Crippen molar-refractivity contribution >= 4 is 44.6 Å². The van der Waals surface area contributed by atoms with Crippen molar-refractivity contribution in [2.24, 2.45) is 0 Å². The molecule has 6 heteroatoms. The van der Waals surface area contributed by atoms with E-state index < -0.39 is 0 Å². The van der Waals surface area contributed by atoms with Gasteiger partial charge in [-0.2, -0.15) is 6.07 Å². The largest absolute Gasteiger partial charge is 0.509 e. The third kappa shape index (κ3) is 9.93. The topological polar surface area (TPSA) is 33.5 Å². The zero-order valence-electron chi connectivity index (χ0n) is 46.6. The van der Waals surface area contributed by atoms with E-state index in [2.05, 4.69) is 304 Å². The summed E-state index contributed by atoms with van der Waals surface area (Å²) < 4.78 is 9.26. The summed E-state index contributed by atoms with van der Waals surface area (Å²) in [6.45, 7) is 29.7. The Bertz CT molecular complexity index is 3700. The van der Waals surface area contributed by atoms with Crippen molar-refractivity contribution in [3.63, 3.8) is 0 Å². The van der Waals surface area contributed by atoms with Crippen LogP contribution in [0.4, 0.5) is 22.7 Å². The average molecular weight is 1190 g/mol. The number of hydrogen-bond acceptors (Lipinski definition) is 4. The molecule has 0 aliphatic carbocycles. The first kappa shape index (κ1) is 53.2. The molecule has 3 heterocycles. The molecular formula is C71H69N4OPt-3. The molecule has 1 aliphatic heterocycles. The Labute approximate surface area is 471 Å². The van der Waals surface area contributed by atoms with Crippen molar-refractivity contribution in [1.29, 1.82) is 0 Å². The van der Waals surface area contributed by atoms with Crippen molar-refractivity contribution in [3.05, 3.63) is 258 Å². The minimum Gasteiger partial charge on any atom is -0.509 e. The molecule has 0 radical (unpaired) electrons. The Hall–Kier alpha value is -7.20. The Morgan fingerprint density at radius 1 is 0.416 bits per heavy atom. The predicted octanol–water partition coefficient (Wildman–Crippen LogP) is 18.6. The first-order valence-corrected chi connectivity index (χ1v) is 26.8. The second-order valence-corrected chi connectivity index (χ2v) is 24.4. The van der Waals surface area contributed by atoms with E-state index in [0.29, 0.717) is 11.5 Å². The summed E-state index contributed by atoms with van der Waals surface area (Å²) in [6, 6.07) is 75.7. The molecule has 0 saturated heterocycles. The number of aromatic nitrogens is 2. The molecule has 0 N–H and O–H groups in total. The van der Waals surface area contributed by atoms with Gasteiger partial charge in [-0.3, -0.25) is 0 Å². The van der Waals surface area contributed by atoms with Crippen molar-refractivity contribution in [1.82, 2.24) is 9.55 Å². The zero-order valence-corrected chi connectivity index (χ0v) is 48.8. The molecule has 0 spiro atoms. The monoisotopic (exact) mass is 1190 g/mol. The fourth-order valence-electron chi connectivity index (χ4n) is 10.9. The first-order valence-electron chi connectivity index (χ1n) is 26.8. The summed E-state index contributed by atoms with van der Waals surface area (Å²) in [5.74, 6) is 2.06. The Balaban J connectivity index is 0.00000672. The van der Waals surface area contributed by atoms with Crippen LogP contribution in [-0.4, -0.2) is 9.55 Å². The maximum atomic E-state index is 7.01. The van der Waals surface area contributed by atoms with Crippen LogP contribution < -0.4 is 14.5 Å². The number of anilines is 4. The third-order valence-corrected chi connectivity index (χ3v) is 16.1. The van der Waals surface area contributed by atoms with E-state index in [0.717, 1.165) is 55.9 Å². The van der Waals surface area contributed by atoms with E-state index in [4.69, 9.17) is 9.72 Å². The minimum absolute atomic E-state index is 0. The predicted molar refractivity (Wildman–Crippen MR) is 317 cm³/mol. The number of nitrogens with zero attached hydrogens (tertiary/aromatic N) is 4. The second-order valence-electron chi connectivity index (χ2n) is 24.4. The normalized spacial score (nSPS) is 13.2. The van der Waals surface area contributed by atoms with Crippen molar-refractivity contribution in [3.8, 4) is 17.3 Å². The van der Waals surface area contributed by atoms with Crippen LogP contribution in [0.3, 0.4) is 0 Å². The van der Waals surface area contributed by atoms with Crippen molar-refractivity contribution in [2.75, 3.05) is 9.80 Å². The number of hydrogen-bond donors (Lipinski definition) is 0. The van der Waals surface area contributed by atoms with Gasteiger partial charge in [-0.05, 0) is 97.6 Å². The molecule has 0 saturated carbocycles. The Morgan fingerprint density at radius 2 is 0.948 bits per heavy atom. The molecule has 10 aromatic rings. The summed E-state index contributed by atoms with van der Waals surface area (Å²) in [7, 11) is 0. The van der Waals surface area contributed by atoms with Gasteiger partial charge in [-0.25, -0.2) is 4.98 Å². The number of fused-ring (bicyclic) bond motifs is 4. The van der Waals surface area contributed by atoms with Crippen LogP contribution in [0.2, 0.25) is 0 Å². The van der Waals surface area contributed by atoms with E-state index in [1.807, 2.05) is 6.20 Å². The molecule has 11 rings (SSSR count). The van der Waals surface area contributed by atoms with Gasteiger partial charge >= 0.3 is 0 Å². The van der Waals surface area contributed by atoms with E-state index in [1.165, 1.54) is 38.9 Å². The molecule has 392 valence electrons. The first-order chi connectivity index (χ1) is 36.2. The maximum absolute atomic E-state index is 7.01. The molecule has 8 aromatic carbocycles. The average Bonchev–Trinajstić information content (AvgIpc) is 4.12. The van der Waals surface area contributed by atoms with Gasteiger partial charge in [0.05, 0.1) is 0 Å². The standard InChI is InChI=1S/C71H69N4O.Pt/c1-67(2,3)51-36-37-72-66(44-51)75-62-35-32-52(69(7,8)48-24-16-13-17-25-48)43-61(62)60-34-33-58(46-65(60)75)76-59-42-53(68(4,5)6)39-57(45-59)74-47-73(63-30-22-23-31-64(63)74)56-40-54(70(9,10)49-26-18-14-19-27-49)38-55(41-56)71(11,12)50-28-20-15-21-29-50;/h13-44,47H,1-12H3;/q-3;. The summed E-state index contributed by atoms with van der Waals surface area (Å²) in [5.41, 5.74) is 14.9. The van der Waals surface area contributed by atoms with Gasteiger partial charge in [0.2, 0.25) is 0 Å². The van der Waals surface area contributed by atoms with Crippen LogP contribution in [0, 0.1) is 18.8 Å². The van der Waals surface area contributed by atoms with Gasteiger partial charge in [-0.1, -0.05) is 210 Å². The number of pyridine rings is 1. The smallest absolute Gasteiger partial charge is 0.135 e. The molecule has 0 fully saturated rings. The summed E-state index contributed by atoms with van der Waals surface area (Å²) >= 11 is 0. The summed E-state index contributed by atoms with van der Waals surface area (Å²) in [5, 5.41) is 2.22. The maximum Gasteiger partial charge on any atom is 0.135 e. The van der Waals surface area contributed by atoms with Crippen molar-refractivity contribution in [2.45, 2.75) is 110 Å². The van der Waals surface area contributed by atoms with Gasteiger partial charge in [0, 0.05) is 77.6 Å². The van der Waals surface area contributed by atoms with Crippen LogP contribution in [0.1, 0.15) is 128 Å². The molecule has 0 unspecified atom stereocenters. The number of benzene rings is 8. The molecule has 0 atom stereocenters. The molecule has 1 aliphatic rings. The Morgan fingerprint density at radius 3 is 1.51 bits per heavy atom. The zero-order chi connectivity index (χ0) is 53.4. The molecule has 5 nitrogen and oxygen atoms in total. The van der Waals surface area contributed by atoms with Crippen molar-refractivity contribution < 1.29 is 25.8 Å². The van der Waals surface area contributed by atoms with Crippen LogP contribution in [0.5, 0.6) is 11.5 Å². The molecule has 2 aromatic heterocycles. The van der Waals surface area contributed by atoms with Crippen LogP contribution in [0.25, 0.3) is 27.6 Å². The number of rotatable bonds is 11. The molecular weight excluding hydrogens is 1120 g/mol. The molecule has 0 amide bonds. The minimum atomic E-state index is -0.275. The van der Waals surface area contributed by atoms with E-state index in [-0.39, 0.29) is 48.1 Å². The number of para-hydroxylation sites is 2. The SMILES string of the molecule is CC(C)(C)c1cc(Oc2[c-]c3c(cc2)c2cc(C(C)(C)c4ccccc4)ccc2n3-c2cc(C(C)(C)C)ccn2)[c-]c(N2[CH-]N(c3cc(C(C)(C)c4ccccc4)cc(C(C)(C)c4ccccc4)c3)c3ccccc32)c1.[Pt]. The van der Waals surface area contributed by atoms with Crippen LogP contribution in [0.15, 0.2) is 194 Å². The fourth-order valence-corrected chi connectivity index (χ4v) is 10.9. The molecule has 0 bridgehead atoms. The Kier molecular flexibility index (Phi) is 13.8. The van der Waals surface area contributed by atoms with Gasteiger partial charge in [0.25, 0.3) is 0 Å². The van der Waals surface area contributed by atoms with Crippen LogP contribution >= 0.6 is 0 Å². The quantitative estimate of drug-likeness (QED) is 0.121. The summed E-state index contributed by atoms with van der Waals surface area (Å²) in [6.07, 6.45) is 1.93. The van der Waals surface area contributed by atoms with E-state index >= 15 is 0 Å². The number of ether oxygens (including phenoxy) is 1. The third-order valence-electron chi connectivity index (χ3n) is 16.1. The van der Waals surface area contributed by atoms with Gasteiger partial charge in [-0.15, -0.1) is 53.6 Å². The van der Waals surface area contributed by atoms with E-state index in [9.17, 15) is 0 Å². The fraction of sp³-hybridized carbons (Fsp3) is 0.239. The van der Waals surface area contributed by atoms with Gasteiger partial charge < -0.3 is 19.1 Å². The summed E-state index contributed by atoms with van der Waals surface area (Å²) in [4.78, 5) is 9.62. The van der Waals surface area contributed by atoms with Crippen LogP contribution in [-0.2, 0) is 48.1 Å². The van der Waals surface area contributed by atoms with E-state index in [1.54, 1.807) is 0 Å². The van der Waals surface area contributed by atoms with Gasteiger partial charge in [0.15, 0.2) is 0 Å². The van der Waals surface area contributed by atoms with Gasteiger partial charge in [0.1, 0.15) is 5.82 Å². The molecule has 77 heavy (non-hydrogen) atoms. The second kappa shape index (κ2) is 20.0.